The minimum Gasteiger partial charge on any atom is -0.396 e. The van der Waals surface area contributed by atoms with Crippen LogP contribution in [-0.2, 0) is 10.0 Å². The van der Waals surface area contributed by atoms with Gasteiger partial charge in [-0.2, -0.15) is 4.31 Å². The smallest absolute Gasteiger partial charge is 0.262 e. The third-order valence-electron chi connectivity index (χ3n) is 4.01. The predicted octanol–water partition coefficient (Wildman–Crippen LogP) is 2.64. The van der Waals surface area contributed by atoms with E-state index >= 15 is 0 Å². The molecular weight excluding hydrogens is 286 g/mol. The molecule has 1 aromatic heterocycles. The SMILES string of the molecule is CC(C)CCN(C1CCCC1)S(=O)(=O)c1ncccc1N. The first kappa shape index (κ1) is 16.2. The standard InChI is InChI=1S/C15H25N3O2S/c1-12(2)9-11-18(13-6-3-4-7-13)21(19,20)15-14(16)8-5-10-17-15/h5,8,10,12-13H,3-4,6-7,9,11,16H2,1-2H3. The molecule has 0 radical (unpaired) electrons. The lowest BCUT2D eigenvalue weighted by molar-refractivity contribution is 0.304. The molecule has 1 saturated carbocycles. The van der Waals surface area contributed by atoms with Crippen molar-refractivity contribution in [1.82, 2.24) is 9.29 Å². The Morgan fingerprint density at radius 2 is 2.05 bits per heavy atom. The van der Waals surface area contributed by atoms with Gasteiger partial charge >= 0.3 is 0 Å². The van der Waals surface area contributed by atoms with Crippen LogP contribution in [0.4, 0.5) is 5.69 Å². The zero-order valence-electron chi connectivity index (χ0n) is 12.8. The topological polar surface area (TPSA) is 76.3 Å². The number of aromatic nitrogens is 1. The molecule has 5 nitrogen and oxygen atoms in total. The Kier molecular flexibility index (Phi) is 5.22. The molecule has 0 amide bonds. The minimum absolute atomic E-state index is 0.000608. The van der Waals surface area contributed by atoms with Crippen molar-refractivity contribution < 1.29 is 8.42 Å². The van der Waals surface area contributed by atoms with Crippen LogP contribution in [0.25, 0.3) is 0 Å². The summed E-state index contributed by atoms with van der Waals surface area (Å²) in [4.78, 5) is 4.01. The lowest BCUT2D eigenvalue weighted by atomic mass is 10.1. The second-order valence-corrected chi connectivity index (χ2v) is 7.94. The molecule has 21 heavy (non-hydrogen) atoms. The van der Waals surface area contributed by atoms with Gasteiger partial charge < -0.3 is 5.73 Å². The van der Waals surface area contributed by atoms with E-state index in [1.807, 2.05) is 0 Å². The average Bonchev–Trinajstić information content (AvgIpc) is 2.92. The highest BCUT2D eigenvalue weighted by atomic mass is 32.2. The van der Waals surface area contributed by atoms with Crippen LogP contribution in [0.15, 0.2) is 23.4 Å². The van der Waals surface area contributed by atoms with Crippen molar-refractivity contribution in [3.8, 4) is 0 Å². The second kappa shape index (κ2) is 6.75. The van der Waals surface area contributed by atoms with Crippen molar-refractivity contribution in [3.63, 3.8) is 0 Å². The van der Waals surface area contributed by atoms with Gasteiger partial charge in [-0.3, -0.25) is 0 Å². The number of anilines is 1. The van der Waals surface area contributed by atoms with Gasteiger partial charge in [0.15, 0.2) is 5.03 Å². The molecule has 0 saturated heterocycles. The molecule has 118 valence electrons. The Balaban J connectivity index is 2.32. The number of pyridine rings is 1. The van der Waals surface area contributed by atoms with E-state index in [1.165, 1.54) is 6.20 Å². The fourth-order valence-corrected chi connectivity index (χ4v) is 4.54. The van der Waals surface area contributed by atoms with Crippen LogP contribution in [0.5, 0.6) is 0 Å². The molecule has 2 N–H and O–H groups in total. The molecule has 0 bridgehead atoms. The van der Waals surface area contributed by atoms with Crippen LogP contribution in [0.2, 0.25) is 0 Å². The molecule has 1 aliphatic rings. The Hall–Kier alpha value is -1.14. The third-order valence-corrected chi connectivity index (χ3v) is 5.94. The Morgan fingerprint density at radius 3 is 2.62 bits per heavy atom. The molecule has 0 aromatic carbocycles. The van der Waals surface area contributed by atoms with Crippen molar-refractivity contribution in [2.45, 2.75) is 57.0 Å². The fourth-order valence-electron chi connectivity index (χ4n) is 2.81. The van der Waals surface area contributed by atoms with Crippen molar-refractivity contribution in [2.24, 2.45) is 5.92 Å². The Morgan fingerprint density at radius 1 is 1.38 bits per heavy atom. The maximum atomic E-state index is 12.9. The monoisotopic (exact) mass is 311 g/mol. The Bertz CT molecular complexity index is 566. The van der Waals surface area contributed by atoms with Crippen molar-refractivity contribution in [3.05, 3.63) is 18.3 Å². The summed E-state index contributed by atoms with van der Waals surface area (Å²) in [5.74, 6) is 0.463. The summed E-state index contributed by atoms with van der Waals surface area (Å²) >= 11 is 0. The van der Waals surface area contributed by atoms with Crippen molar-refractivity contribution >= 4 is 15.7 Å². The quantitative estimate of drug-likeness (QED) is 0.876. The number of hydrogen-bond acceptors (Lipinski definition) is 4. The van der Waals surface area contributed by atoms with Gasteiger partial charge in [-0.15, -0.1) is 0 Å². The molecule has 1 heterocycles. The summed E-state index contributed by atoms with van der Waals surface area (Å²) in [6.07, 6.45) is 6.39. The highest BCUT2D eigenvalue weighted by Crippen LogP contribution is 2.30. The van der Waals surface area contributed by atoms with Crippen molar-refractivity contribution in [2.75, 3.05) is 12.3 Å². The number of nitrogens with zero attached hydrogens (tertiary/aromatic N) is 2. The maximum absolute atomic E-state index is 12.9. The van der Waals surface area contributed by atoms with Crippen LogP contribution in [-0.4, -0.2) is 30.3 Å². The zero-order chi connectivity index (χ0) is 15.5. The third kappa shape index (κ3) is 3.74. The molecule has 1 fully saturated rings. The van der Waals surface area contributed by atoms with Crippen LogP contribution in [0.3, 0.4) is 0 Å². The van der Waals surface area contributed by atoms with Crippen molar-refractivity contribution in [1.29, 1.82) is 0 Å². The van der Waals surface area contributed by atoms with Crippen LogP contribution >= 0.6 is 0 Å². The van der Waals surface area contributed by atoms with Gasteiger partial charge in [0.25, 0.3) is 10.0 Å². The van der Waals surface area contributed by atoms with Crippen LogP contribution < -0.4 is 5.73 Å². The highest BCUT2D eigenvalue weighted by molar-refractivity contribution is 7.89. The predicted molar refractivity (Wildman–Crippen MR) is 84.3 cm³/mol. The number of sulfonamides is 1. The number of nitrogen functional groups attached to an aromatic ring is 1. The molecule has 0 unspecified atom stereocenters. The fraction of sp³-hybridized carbons (Fsp3) is 0.667. The summed E-state index contributed by atoms with van der Waals surface area (Å²) in [5, 5.41) is 0.000608. The van der Waals surface area contributed by atoms with E-state index in [1.54, 1.807) is 16.4 Å². The number of rotatable bonds is 6. The first-order valence-electron chi connectivity index (χ1n) is 7.65. The van der Waals surface area contributed by atoms with Gasteiger partial charge in [0.2, 0.25) is 0 Å². The molecule has 2 rings (SSSR count). The highest BCUT2D eigenvalue weighted by Gasteiger charge is 2.34. The molecule has 0 aliphatic heterocycles. The van der Waals surface area contributed by atoms with E-state index < -0.39 is 10.0 Å². The summed E-state index contributed by atoms with van der Waals surface area (Å²) in [6.45, 7) is 4.75. The van der Waals surface area contributed by atoms with Gasteiger partial charge in [0, 0.05) is 18.8 Å². The van der Waals surface area contributed by atoms with E-state index in [-0.39, 0.29) is 16.8 Å². The molecule has 6 heteroatoms. The summed E-state index contributed by atoms with van der Waals surface area (Å²) in [7, 11) is -3.61. The van der Waals surface area contributed by atoms with Crippen LogP contribution in [0.1, 0.15) is 46.0 Å². The molecular formula is C15H25N3O2S. The molecule has 1 aromatic rings. The summed E-state index contributed by atoms with van der Waals surface area (Å²) < 4.78 is 27.5. The van der Waals surface area contributed by atoms with E-state index in [4.69, 9.17) is 5.73 Å². The molecule has 0 spiro atoms. The van der Waals surface area contributed by atoms with Gasteiger partial charge in [-0.1, -0.05) is 26.7 Å². The lowest BCUT2D eigenvalue weighted by Gasteiger charge is -2.28. The van der Waals surface area contributed by atoms with Crippen LogP contribution in [0, 0.1) is 5.92 Å². The zero-order valence-corrected chi connectivity index (χ0v) is 13.6. The van der Waals surface area contributed by atoms with E-state index in [0.717, 1.165) is 32.1 Å². The normalized spacial score (nSPS) is 17.0. The first-order valence-corrected chi connectivity index (χ1v) is 9.09. The average molecular weight is 311 g/mol. The van der Waals surface area contributed by atoms with E-state index in [0.29, 0.717) is 12.5 Å². The summed E-state index contributed by atoms with van der Waals surface area (Å²) in [5.41, 5.74) is 6.06. The molecule has 1 aliphatic carbocycles. The van der Waals surface area contributed by atoms with Gasteiger partial charge in [-0.25, -0.2) is 13.4 Å². The van der Waals surface area contributed by atoms with Gasteiger partial charge in [0.05, 0.1) is 5.69 Å². The van der Waals surface area contributed by atoms with Gasteiger partial charge in [0.1, 0.15) is 0 Å². The largest absolute Gasteiger partial charge is 0.396 e. The number of hydrogen-bond donors (Lipinski definition) is 1. The Labute approximate surface area is 127 Å². The maximum Gasteiger partial charge on any atom is 0.262 e. The van der Waals surface area contributed by atoms with E-state index in [2.05, 4.69) is 18.8 Å². The number of nitrogens with two attached hydrogens (primary N) is 1. The first-order chi connectivity index (χ1) is 9.93. The lowest BCUT2D eigenvalue weighted by Crippen LogP contribution is -2.40. The minimum atomic E-state index is -3.61. The van der Waals surface area contributed by atoms with Gasteiger partial charge in [-0.05, 0) is 37.3 Å². The van der Waals surface area contributed by atoms with E-state index in [9.17, 15) is 8.42 Å². The molecule has 0 atom stereocenters. The summed E-state index contributed by atoms with van der Waals surface area (Å²) in [6, 6.07) is 3.34. The second-order valence-electron chi connectivity index (χ2n) is 6.13.